The minimum absolute atomic E-state index is 0.167. The highest BCUT2D eigenvalue weighted by atomic mass is 19.3. The van der Waals surface area contributed by atoms with Crippen molar-refractivity contribution in [1.29, 1.82) is 0 Å². The maximum atomic E-state index is 12.2. The molecule has 0 bridgehead atoms. The average molecular weight is 259 g/mol. The zero-order chi connectivity index (χ0) is 13.5. The van der Waals surface area contributed by atoms with E-state index in [0.717, 1.165) is 0 Å². The van der Waals surface area contributed by atoms with Crippen molar-refractivity contribution in [1.82, 2.24) is 5.48 Å². The molecule has 1 aromatic rings. The number of rotatable bonds is 7. The van der Waals surface area contributed by atoms with Crippen LogP contribution in [0.15, 0.2) is 24.3 Å². The van der Waals surface area contributed by atoms with Crippen molar-refractivity contribution >= 4 is 0 Å². The molecule has 0 heterocycles. The van der Waals surface area contributed by atoms with Crippen molar-refractivity contribution in [2.45, 2.75) is 33.4 Å². The van der Waals surface area contributed by atoms with Gasteiger partial charge in [-0.15, -0.1) is 0 Å². The molecular formula is C13H19F2NO2. The van der Waals surface area contributed by atoms with Gasteiger partial charge in [0.05, 0.1) is 12.6 Å². The van der Waals surface area contributed by atoms with Crippen LogP contribution in [-0.4, -0.2) is 13.2 Å². The van der Waals surface area contributed by atoms with Gasteiger partial charge in [-0.05, 0) is 18.9 Å². The minimum atomic E-state index is -2.82. The van der Waals surface area contributed by atoms with Gasteiger partial charge < -0.3 is 9.57 Å². The molecule has 0 radical (unpaired) electrons. The smallest absolute Gasteiger partial charge is 0.387 e. The van der Waals surface area contributed by atoms with Gasteiger partial charge in [0.15, 0.2) is 0 Å². The van der Waals surface area contributed by atoms with Gasteiger partial charge in [-0.25, -0.2) is 0 Å². The van der Waals surface area contributed by atoms with Crippen molar-refractivity contribution in [3.63, 3.8) is 0 Å². The summed E-state index contributed by atoms with van der Waals surface area (Å²) in [6, 6.07) is 6.45. The van der Waals surface area contributed by atoms with E-state index in [0.29, 0.717) is 18.1 Å². The Balaban J connectivity index is 2.63. The normalized spacial score (nSPS) is 13.1. The Morgan fingerprint density at radius 1 is 1.17 bits per heavy atom. The standard InChI is InChI=1S/C13H19F2NO2/c1-9(2)8-17-16-10(3)11-6-4-5-7-12(11)18-13(14)15/h4-7,9-10,13,16H,8H2,1-3H3. The quantitative estimate of drug-likeness (QED) is 0.760. The molecule has 0 aliphatic carbocycles. The fraction of sp³-hybridized carbons (Fsp3) is 0.538. The lowest BCUT2D eigenvalue weighted by Gasteiger charge is -2.18. The topological polar surface area (TPSA) is 30.5 Å². The summed E-state index contributed by atoms with van der Waals surface area (Å²) in [5.74, 6) is 0.568. The summed E-state index contributed by atoms with van der Waals surface area (Å²) in [5, 5.41) is 0. The molecule has 1 N–H and O–H groups in total. The van der Waals surface area contributed by atoms with Crippen molar-refractivity contribution in [3.05, 3.63) is 29.8 Å². The van der Waals surface area contributed by atoms with Crippen LogP contribution in [0.5, 0.6) is 5.75 Å². The van der Waals surface area contributed by atoms with E-state index < -0.39 is 6.61 Å². The maximum Gasteiger partial charge on any atom is 0.387 e. The van der Waals surface area contributed by atoms with Crippen LogP contribution in [0.2, 0.25) is 0 Å². The first-order valence-corrected chi connectivity index (χ1v) is 5.91. The summed E-state index contributed by atoms with van der Waals surface area (Å²) in [6.45, 7) is 3.62. The molecule has 0 fully saturated rings. The van der Waals surface area contributed by atoms with E-state index in [9.17, 15) is 8.78 Å². The average Bonchev–Trinajstić information content (AvgIpc) is 2.28. The third-order valence-corrected chi connectivity index (χ3v) is 2.28. The summed E-state index contributed by atoms with van der Waals surface area (Å²) in [5.41, 5.74) is 3.46. The van der Waals surface area contributed by atoms with Gasteiger partial charge in [0.2, 0.25) is 0 Å². The molecule has 1 rings (SSSR count). The van der Waals surface area contributed by atoms with E-state index in [1.165, 1.54) is 6.07 Å². The van der Waals surface area contributed by atoms with Gasteiger partial charge in [0.25, 0.3) is 0 Å². The highest BCUT2D eigenvalue weighted by Crippen LogP contribution is 2.26. The lowest BCUT2D eigenvalue weighted by Crippen LogP contribution is -2.22. The highest BCUT2D eigenvalue weighted by molar-refractivity contribution is 5.35. The second-order valence-corrected chi connectivity index (χ2v) is 4.46. The molecule has 0 aliphatic rings. The lowest BCUT2D eigenvalue weighted by molar-refractivity contribution is -0.0519. The Hall–Kier alpha value is -1.20. The number of hydroxylamine groups is 1. The number of benzene rings is 1. The zero-order valence-electron chi connectivity index (χ0n) is 10.8. The van der Waals surface area contributed by atoms with Crippen LogP contribution in [0.3, 0.4) is 0 Å². The molecular weight excluding hydrogens is 240 g/mol. The number of para-hydroxylation sites is 1. The monoisotopic (exact) mass is 259 g/mol. The molecule has 0 spiro atoms. The van der Waals surface area contributed by atoms with E-state index in [-0.39, 0.29) is 11.8 Å². The second kappa shape index (κ2) is 7.28. The van der Waals surface area contributed by atoms with Crippen LogP contribution >= 0.6 is 0 Å². The first-order chi connectivity index (χ1) is 8.50. The largest absolute Gasteiger partial charge is 0.434 e. The van der Waals surface area contributed by atoms with Gasteiger partial charge in [-0.2, -0.15) is 14.3 Å². The van der Waals surface area contributed by atoms with Gasteiger partial charge in [-0.1, -0.05) is 32.0 Å². The number of halogens is 2. The van der Waals surface area contributed by atoms with Crippen molar-refractivity contribution in [2.24, 2.45) is 5.92 Å². The van der Waals surface area contributed by atoms with Gasteiger partial charge in [0, 0.05) is 5.56 Å². The lowest BCUT2D eigenvalue weighted by atomic mass is 10.1. The van der Waals surface area contributed by atoms with E-state index >= 15 is 0 Å². The van der Waals surface area contributed by atoms with Crippen LogP contribution in [0.1, 0.15) is 32.4 Å². The Morgan fingerprint density at radius 2 is 1.83 bits per heavy atom. The molecule has 1 aromatic carbocycles. The Kier molecular flexibility index (Phi) is 6.01. The summed E-state index contributed by atoms with van der Waals surface area (Å²) in [7, 11) is 0. The predicted molar refractivity (Wildman–Crippen MR) is 65.4 cm³/mol. The molecule has 18 heavy (non-hydrogen) atoms. The summed E-state index contributed by atoms with van der Waals surface area (Å²) in [4.78, 5) is 5.28. The van der Waals surface area contributed by atoms with Crippen molar-refractivity contribution < 1.29 is 18.4 Å². The minimum Gasteiger partial charge on any atom is -0.434 e. The van der Waals surface area contributed by atoms with Crippen LogP contribution in [0, 0.1) is 5.92 Å². The Labute approximate surface area is 106 Å². The fourth-order valence-corrected chi connectivity index (χ4v) is 1.44. The zero-order valence-corrected chi connectivity index (χ0v) is 10.8. The first-order valence-electron chi connectivity index (χ1n) is 5.91. The molecule has 0 aliphatic heterocycles. The van der Waals surface area contributed by atoms with Gasteiger partial charge in [0.1, 0.15) is 5.75 Å². The van der Waals surface area contributed by atoms with E-state index in [4.69, 9.17) is 4.84 Å². The number of alkyl halides is 2. The molecule has 3 nitrogen and oxygen atoms in total. The van der Waals surface area contributed by atoms with Gasteiger partial charge >= 0.3 is 6.61 Å². The van der Waals surface area contributed by atoms with Crippen LogP contribution in [0.25, 0.3) is 0 Å². The number of hydrogen-bond donors (Lipinski definition) is 1. The maximum absolute atomic E-state index is 12.2. The van der Waals surface area contributed by atoms with E-state index in [2.05, 4.69) is 10.2 Å². The number of hydrogen-bond acceptors (Lipinski definition) is 3. The third kappa shape index (κ3) is 4.98. The molecule has 0 saturated carbocycles. The van der Waals surface area contributed by atoms with E-state index in [1.54, 1.807) is 18.2 Å². The summed E-state index contributed by atoms with van der Waals surface area (Å²) in [6.07, 6.45) is 0. The van der Waals surface area contributed by atoms with Crippen LogP contribution in [0.4, 0.5) is 8.78 Å². The number of ether oxygens (including phenoxy) is 1. The highest BCUT2D eigenvalue weighted by Gasteiger charge is 2.14. The third-order valence-electron chi connectivity index (χ3n) is 2.28. The number of nitrogens with one attached hydrogen (secondary N) is 1. The summed E-state index contributed by atoms with van der Waals surface area (Å²) < 4.78 is 29.0. The Bertz CT molecular complexity index is 359. The predicted octanol–water partition coefficient (Wildman–Crippen LogP) is 3.53. The van der Waals surface area contributed by atoms with Crippen LogP contribution < -0.4 is 10.2 Å². The van der Waals surface area contributed by atoms with Crippen LogP contribution in [-0.2, 0) is 4.84 Å². The van der Waals surface area contributed by atoms with E-state index in [1.807, 2.05) is 20.8 Å². The SMILES string of the molecule is CC(C)CONC(C)c1ccccc1OC(F)F. The molecule has 102 valence electrons. The second-order valence-electron chi connectivity index (χ2n) is 4.46. The molecule has 1 unspecified atom stereocenters. The van der Waals surface area contributed by atoms with Crippen molar-refractivity contribution in [2.75, 3.05) is 6.61 Å². The van der Waals surface area contributed by atoms with Crippen molar-refractivity contribution in [3.8, 4) is 5.75 Å². The Morgan fingerprint density at radius 3 is 2.44 bits per heavy atom. The molecule has 5 heteroatoms. The molecule has 0 aromatic heterocycles. The van der Waals surface area contributed by atoms with Gasteiger partial charge in [-0.3, -0.25) is 0 Å². The molecule has 1 atom stereocenters. The summed E-state index contributed by atoms with van der Waals surface area (Å²) >= 11 is 0. The molecule has 0 amide bonds. The fourth-order valence-electron chi connectivity index (χ4n) is 1.44. The molecule has 0 saturated heterocycles. The first kappa shape index (κ1) is 14.9.